The molecule has 0 fully saturated rings. The molecule has 1 N–H and O–H groups in total. The first-order valence-electron chi connectivity index (χ1n) is 5.90. The Morgan fingerprint density at radius 3 is 2.33 bits per heavy atom. The van der Waals surface area contributed by atoms with Gasteiger partial charge in [-0.2, -0.15) is 13.2 Å². The lowest BCUT2D eigenvalue weighted by atomic mass is 10.1. The summed E-state index contributed by atoms with van der Waals surface area (Å²) in [5.41, 5.74) is 0.293. The normalized spacial score (nSPS) is 12.0. The lowest BCUT2D eigenvalue weighted by Gasteiger charge is -2.07. The van der Waals surface area contributed by atoms with E-state index in [4.69, 9.17) is 11.6 Å². The largest absolute Gasteiger partial charge is 0.506 e. The molecule has 1 aromatic carbocycles. The van der Waals surface area contributed by atoms with Crippen LogP contribution < -0.4 is 0 Å². The van der Waals surface area contributed by atoms with Crippen LogP contribution >= 0.6 is 11.6 Å². The van der Waals surface area contributed by atoms with Crippen LogP contribution in [0.5, 0.6) is 5.75 Å². The average Bonchev–Trinajstić information content (AvgIpc) is 2.75. The molecule has 2 heterocycles. The Morgan fingerprint density at radius 2 is 1.71 bits per heavy atom. The number of benzene rings is 1. The van der Waals surface area contributed by atoms with Gasteiger partial charge in [-0.15, -0.1) is 0 Å². The van der Waals surface area contributed by atoms with E-state index >= 15 is 0 Å². The number of rotatable bonds is 1. The summed E-state index contributed by atoms with van der Waals surface area (Å²) in [6.45, 7) is 0. The number of pyridine rings is 1. The lowest BCUT2D eigenvalue weighted by Crippen LogP contribution is -2.04. The SMILES string of the molecule is Oc1ccc2c(Cl)nc(-c3ccc(C(F)(F)F)cc3)n2c1. The molecular weight excluding hydrogens is 305 g/mol. The maximum absolute atomic E-state index is 12.6. The summed E-state index contributed by atoms with van der Waals surface area (Å²) < 4.78 is 39.2. The van der Waals surface area contributed by atoms with Gasteiger partial charge < -0.3 is 5.11 Å². The molecule has 0 aliphatic heterocycles. The molecular formula is C14H8ClF3N2O. The minimum absolute atomic E-state index is 0.00438. The number of nitrogens with zero attached hydrogens (tertiary/aromatic N) is 2. The van der Waals surface area contributed by atoms with Crippen molar-refractivity contribution >= 4 is 17.1 Å². The fourth-order valence-electron chi connectivity index (χ4n) is 2.05. The number of fused-ring (bicyclic) bond motifs is 1. The molecule has 3 nitrogen and oxygen atoms in total. The number of hydrogen-bond donors (Lipinski definition) is 1. The maximum Gasteiger partial charge on any atom is 0.416 e. The number of aromatic nitrogens is 2. The lowest BCUT2D eigenvalue weighted by molar-refractivity contribution is -0.137. The molecule has 7 heteroatoms. The quantitative estimate of drug-likeness (QED) is 0.724. The van der Waals surface area contributed by atoms with Gasteiger partial charge in [-0.1, -0.05) is 23.7 Å². The molecule has 0 atom stereocenters. The number of aromatic hydroxyl groups is 1. The zero-order valence-corrected chi connectivity index (χ0v) is 11.2. The van der Waals surface area contributed by atoms with Gasteiger partial charge in [0.15, 0.2) is 5.15 Å². The summed E-state index contributed by atoms with van der Waals surface area (Å²) in [6.07, 6.45) is -2.98. The Kier molecular flexibility index (Phi) is 3.06. The molecule has 0 aliphatic carbocycles. The summed E-state index contributed by atoms with van der Waals surface area (Å²) in [7, 11) is 0. The van der Waals surface area contributed by atoms with E-state index < -0.39 is 11.7 Å². The molecule has 0 bridgehead atoms. The smallest absolute Gasteiger partial charge is 0.416 e. The first-order valence-corrected chi connectivity index (χ1v) is 6.28. The Labute approximate surface area is 122 Å². The van der Waals surface area contributed by atoms with Gasteiger partial charge in [0.1, 0.15) is 11.6 Å². The molecule has 0 saturated carbocycles. The number of halogens is 4. The van der Waals surface area contributed by atoms with Gasteiger partial charge in [-0.25, -0.2) is 4.98 Å². The topological polar surface area (TPSA) is 37.5 Å². The standard InChI is InChI=1S/C14H8ClF3N2O/c15-12-11-6-5-10(21)7-20(11)13(19-12)8-1-3-9(4-2-8)14(16,17)18/h1-7,21H. The first-order chi connectivity index (χ1) is 9.86. The van der Waals surface area contributed by atoms with E-state index in [0.29, 0.717) is 16.9 Å². The molecule has 108 valence electrons. The van der Waals surface area contributed by atoms with E-state index in [-0.39, 0.29) is 10.9 Å². The van der Waals surface area contributed by atoms with Crippen molar-refractivity contribution in [3.05, 3.63) is 53.3 Å². The third-order valence-electron chi connectivity index (χ3n) is 3.05. The summed E-state index contributed by atoms with van der Waals surface area (Å²) in [5.74, 6) is 0.365. The maximum atomic E-state index is 12.6. The van der Waals surface area contributed by atoms with Crippen LogP contribution in [0.25, 0.3) is 16.9 Å². The zero-order chi connectivity index (χ0) is 15.2. The third-order valence-corrected chi connectivity index (χ3v) is 3.33. The predicted molar refractivity (Wildman–Crippen MR) is 72.3 cm³/mol. The van der Waals surface area contributed by atoms with Crippen molar-refractivity contribution in [1.82, 2.24) is 9.38 Å². The molecule has 0 saturated heterocycles. The predicted octanol–water partition coefficient (Wildman–Crippen LogP) is 4.38. The second-order valence-electron chi connectivity index (χ2n) is 4.44. The summed E-state index contributed by atoms with van der Waals surface area (Å²) in [6, 6.07) is 7.63. The van der Waals surface area contributed by atoms with E-state index in [1.807, 2.05) is 0 Å². The van der Waals surface area contributed by atoms with Crippen LogP contribution in [0.15, 0.2) is 42.6 Å². The van der Waals surface area contributed by atoms with Crippen molar-refractivity contribution in [2.75, 3.05) is 0 Å². The molecule has 0 aliphatic rings. The van der Waals surface area contributed by atoms with Crippen molar-refractivity contribution < 1.29 is 18.3 Å². The van der Waals surface area contributed by atoms with E-state index in [0.717, 1.165) is 12.1 Å². The second kappa shape index (κ2) is 4.66. The Bertz CT molecular complexity index is 809. The molecule has 0 radical (unpaired) electrons. The van der Waals surface area contributed by atoms with E-state index in [1.54, 1.807) is 6.07 Å². The number of alkyl halides is 3. The summed E-state index contributed by atoms with van der Waals surface area (Å²) in [5, 5.41) is 9.73. The van der Waals surface area contributed by atoms with E-state index in [2.05, 4.69) is 4.98 Å². The summed E-state index contributed by atoms with van der Waals surface area (Å²) in [4.78, 5) is 4.13. The minimum atomic E-state index is -4.39. The molecule has 21 heavy (non-hydrogen) atoms. The van der Waals surface area contributed by atoms with Gasteiger partial charge in [-0.3, -0.25) is 4.40 Å². The van der Waals surface area contributed by atoms with Crippen molar-refractivity contribution in [1.29, 1.82) is 0 Å². The minimum Gasteiger partial charge on any atom is -0.506 e. The molecule has 3 aromatic rings. The number of imidazole rings is 1. The van der Waals surface area contributed by atoms with Crippen LogP contribution in [0.3, 0.4) is 0 Å². The van der Waals surface area contributed by atoms with Crippen LogP contribution in [-0.4, -0.2) is 14.5 Å². The monoisotopic (exact) mass is 312 g/mol. The molecule has 0 unspecified atom stereocenters. The van der Waals surface area contributed by atoms with Gasteiger partial charge in [0.05, 0.1) is 17.3 Å². The molecule has 0 spiro atoms. The highest BCUT2D eigenvalue weighted by Crippen LogP contribution is 2.32. The van der Waals surface area contributed by atoms with Gasteiger partial charge in [0, 0.05) is 5.56 Å². The van der Waals surface area contributed by atoms with Gasteiger partial charge >= 0.3 is 6.18 Å². The fraction of sp³-hybridized carbons (Fsp3) is 0.0714. The Hall–Kier alpha value is -2.21. The first kappa shape index (κ1) is 13.8. The van der Waals surface area contributed by atoms with Crippen molar-refractivity contribution in [2.24, 2.45) is 0 Å². The Balaban J connectivity index is 2.14. The van der Waals surface area contributed by atoms with Crippen LogP contribution in [-0.2, 0) is 6.18 Å². The zero-order valence-electron chi connectivity index (χ0n) is 10.4. The average molecular weight is 313 g/mol. The van der Waals surface area contributed by atoms with Crippen LogP contribution in [0, 0.1) is 0 Å². The van der Waals surface area contributed by atoms with E-state index in [9.17, 15) is 18.3 Å². The number of hydrogen-bond acceptors (Lipinski definition) is 2. The third kappa shape index (κ3) is 2.42. The van der Waals surface area contributed by atoms with E-state index in [1.165, 1.54) is 28.8 Å². The van der Waals surface area contributed by atoms with Crippen molar-refractivity contribution in [3.8, 4) is 17.1 Å². The highest BCUT2D eigenvalue weighted by atomic mass is 35.5. The Morgan fingerprint density at radius 1 is 1.05 bits per heavy atom. The van der Waals surface area contributed by atoms with Crippen LogP contribution in [0.2, 0.25) is 5.15 Å². The molecule has 2 aromatic heterocycles. The van der Waals surface area contributed by atoms with Gasteiger partial charge in [-0.05, 0) is 24.3 Å². The van der Waals surface area contributed by atoms with Crippen molar-refractivity contribution in [3.63, 3.8) is 0 Å². The van der Waals surface area contributed by atoms with Gasteiger partial charge in [0.25, 0.3) is 0 Å². The highest BCUT2D eigenvalue weighted by molar-refractivity contribution is 6.32. The van der Waals surface area contributed by atoms with Gasteiger partial charge in [0.2, 0.25) is 0 Å². The second-order valence-corrected chi connectivity index (χ2v) is 4.80. The summed E-state index contributed by atoms with van der Waals surface area (Å²) >= 11 is 5.99. The molecule has 0 amide bonds. The highest BCUT2D eigenvalue weighted by Gasteiger charge is 2.30. The van der Waals surface area contributed by atoms with Crippen molar-refractivity contribution in [2.45, 2.75) is 6.18 Å². The van der Waals surface area contributed by atoms with Crippen LogP contribution in [0.1, 0.15) is 5.56 Å². The fourth-order valence-corrected chi connectivity index (χ4v) is 2.28. The van der Waals surface area contributed by atoms with Crippen LogP contribution in [0.4, 0.5) is 13.2 Å². The molecule has 3 rings (SSSR count).